The standard InChI is InChI=1S/C13H16O5S/c1-9-11(13(14)15)3-2-4-12(9)19(16,17)8-10-5-6-18-7-10/h2-4,10H,5-8H2,1H3,(H,14,15). The Morgan fingerprint density at radius 3 is 2.79 bits per heavy atom. The summed E-state index contributed by atoms with van der Waals surface area (Å²) in [5.41, 5.74) is 0.331. The van der Waals surface area contributed by atoms with Crippen molar-refractivity contribution in [2.45, 2.75) is 18.2 Å². The minimum absolute atomic E-state index is 0.00196. The molecule has 1 aromatic carbocycles. The third kappa shape index (κ3) is 2.96. The fourth-order valence-electron chi connectivity index (χ4n) is 2.30. The third-order valence-electron chi connectivity index (χ3n) is 3.33. The molecule has 1 aromatic rings. The van der Waals surface area contributed by atoms with Gasteiger partial charge in [-0.2, -0.15) is 0 Å². The monoisotopic (exact) mass is 284 g/mol. The highest BCUT2D eigenvalue weighted by atomic mass is 32.2. The molecule has 1 aliphatic heterocycles. The fourth-order valence-corrected chi connectivity index (χ4v) is 4.22. The zero-order chi connectivity index (χ0) is 14.0. The average molecular weight is 284 g/mol. The van der Waals surface area contributed by atoms with Gasteiger partial charge in [-0.15, -0.1) is 0 Å². The Bertz CT molecular complexity index is 585. The predicted octanol–water partition coefficient (Wildman–Crippen LogP) is 1.50. The fraction of sp³-hybridized carbons (Fsp3) is 0.462. The van der Waals surface area contributed by atoms with Crippen molar-refractivity contribution >= 4 is 15.8 Å². The molecule has 1 heterocycles. The molecule has 0 bridgehead atoms. The van der Waals surface area contributed by atoms with Gasteiger partial charge in [0.1, 0.15) is 0 Å². The zero-order valence-corrected chi connectivity index (χ0v) is 11.4. The van der Waals surface area contributed by atoms with Crippen LogP contribution in [-0.4, -0.2) is 38.5 Å². The molecule has 5 nitrogen and oxygen atoms in total. The quantitative estimate of drug-likeness (QED) is 0.906. The molecular weight excluding hydrogens is 268 g/mol. The summed E-state index contributed by atoms with van der Waals surface area (Å²) < 4.78 is 29.8. The van der Waals surface area contributed by atoms with Crippen molar-refractivity contribution in [1.82, 2.24) is 0 Å². The van der Waals surface area contributed by atoms with E-state index >= 15 is 0 Å². The summed E-state index contributed by atoms with van der Waals surface area (Å²) in [6.45, 7) is 2.58. The van der Waals surface area contributed by atoms with Gasteiger partial charge in [0.2, 0.25) is 0 Å². The lowest BCUT2D eigenvalue weighted by molar-refractivity contribution is 0.0696. The van der Waals surface area contributed by atoms with Crippen LogP contribution in [0.3, 0.4) is 0 Å². The molecule has 19 heavy (non-hydrogen) atoms. The summed E-state index contributed by atoms with van der Waals surface area (Å²) in [7, 11) is -3.47. The van der Waals surface area contributed by atoms with Gasteiger partial charge in [0.05, 0.1) is 22.8 Å². The van der Waals surface area contributed by atoms with E-state index in [0.717, 1.165) is 6.42 Å². The Hall–Kier alpha value is -1.40. The summed E-state index contributed by atoms with van der Waals surface area (Å²) in [6, 6.07) is 4.34. The van der Waals surface area contributed by atoms with Crippen LogP contribution in [-0.2, 0) is 14.6 Å². The molecule has 1 aliphatic rings. The van der Waals surface area contributed by atoms with E-state index < -0.39 is 15.8 Å². The maximum absolute atomic E-state index is 12.3. The first-order chi connectivity index (χ1) is 8.92. The topological polar surface area (TPSA) is 80.7 Å². The van der Waals surface area contributed by atoms with E-state index in [1.807, 2.05) is 0 Å². The van der Waals surface area contributed by atoms with Gasteiger partial charge in [-0.25, -0.2) is 13.2 Å². The molecule has 0 radical (unpaired) electrons. The maximum Gasteiger partial charge on any atom is 0.335 e. The molecule has 2 rings (SSSR count). The number of rotatable bonds is 4. The lowest BCUT2D eigenvalue weighted by Crippen LogP contribution is -2.18. The van der Waals surface area contributed by atoms with Gasteiger partial charge >= 0.3 is 5.97 Å². The molecular formula is C13H16O5S. The Kier molecular flexibility index (Phi) is 3.91. The molecule has 0 aromatic heterocycles. The van der Waals surface area contributed by atoms with Crippen LogP contribution in [0.1, 0.15) is 22.3 Å². The van der Waals surface area contributed by atoms with Gasteiger partial charge in [-0.3, -0.25) is 0 Å². The SMILES string of the molecule is Cc1c(C(=O)O)cccc1S(=O)(=O)CC1CCOC1. The Labute approximate surface area is 112 Å². The van der Waals surface area contributed by atoms with Crippen molar-refractivity contribution in [3.8, 4) is 0 Å². The minimum atomic E-state index is -3.47. The van der Waals surface area contributed by atoms with Gasteiger partial charge < -0.3 is 9.84 Å². The van der Waals surface area contributed by atoms with Crippen molar-refractivity contribution in [2.75, 3.05) is 19.0 Å². The molecule has 1 fully saturated rings. The van der Waals surface area contributed by atoms with E-state index in [4.69, 9.17) is 9.84 Å². The van der Waals surface area contributed by atoms with Gasteiger partial charge in [0.15, 0.2) is 9.84 Å². The van der Waals surface area contributed by atoms with E-state index in [1.54, 1.807) is 0 Å². The van der Waals surface area contributed by atoms with Gasteiger partial charge in [-0.1, -0.05) is 6.07 Å². The van der Waals surface area contributed by atoms with Crippen LogP contribution < -0.4 is 0 Å². The lowest BCUT2D eigenvalue weighted by atomic mass is 10.1. The number of sulfone groups is 1. The molecule has 0 aliphatic carbocycles. The van der Waals surface area contributed by atoms with Crippen molar-refractivity contribution in [3.63, 3.8) is 0 Å². The predicted molar refractivity (Wildman–Crippen MR) is 69.1 cm³/mol. The number of aromatic carboxylic acids is 1. The Morgan fingerprint density at radius 1 is 1.47 bits per heavy atom. The van der Waals surface area contributed by atoms with Crippen molar-refractivity contribution in [1.29, 1.82) is 0 Å². The summed E-state index contributed by atoms with van der Waals surface area (Å²) in [4.78, 5) is 11.1. The van der Waals surface area contributed by atoms with Gasteiger partial charge in [-0.05, 0) is 37.0 Å². The normalized spacial score (nSPS) is 19.5. The van der Waals surface area contributed by atoms with Crippen LogP contribution in [0, 0.1) is 12.8 Å². The minimum Gasteiger partial charge on any atom is -0.478 e. The van der Waals surface area contributed by atoms with E-state index in [-0.39, 0.29) is 22.1 Å². The first-order valence-electron chi connectivity index (χ1n) is 6.05. The number of ether oxygens (including phenoxy) is 1. The molecule has 1 saturated heterocycles. The highest BCUT2D eigenvalue weighted by Gasteiger charge is 2.27. The summed E-state index contributed by atoms with van der Waals surface area (Å²) in [5.74, 6) is -1.10. The van der Waals surface area contributed by atoms with Crippen LogP contribution in [0.25, 0.3) is 0 Å². The highest BCUT2D eigenvalue weighted by Crippen LogP contribution is 2.24. The molecule has 104 valence electrons. The maximum atomic E-state index is 12.3. The van der Waals surface area contributed by atoms with E-state index in [1.165, 1.54) is 25.1 Å². The van der Waals surface area contributed by atoms with Crippen LogP contribution in [0.2, 0.25) is 0 Å². The molecule has 0 amide bonds. The number of benzene rings is 1. The molecule has 6 heteroatoms. The number of carboxylic acid groups (broad SMARTS) is 1. The number of hydrogen-bond acceptors (Lipinski definition) is 4. The van der Waals surface area contributed by atoms with Gasteiger partial charge in [0.25, 0.3) is 0 Å². The highest BCUT2D eigenvalue weighted by molar-refractivity contribution is 7.91. The number of hydrogen-bond donors (Lipinski definition) is 1. The molecule has 1 atom stereocenters. The first-order valence-corrected chi connectivity index (χ1v) is 7.70. The average Bonchev–Trinajstić information content (AvgIpc) is 2.80. The van der Waals surface area contributed by atoms with Crippen molar-refractivity contribution in [3.05, 3.63) is 29.3 Å². The second kappa shape index (κ2) is 5.30. The smallest absolute Gasteiger partial charge is 0.335 e. The Morgan fingerprint density at radius 2 is 2.21 bits per heavy atom. The van der Waals surface area contributed by atoms with Crippen LogP contribution in [0.5, 0.6) is 0 Å². The molecule has 0 spiro atoms. The Balaban J connectivity index is 2.34. The molecule has 1 N–H and O–H groups in total. The number of carbonyl (C=O) groups is 1. The molecule has 1 unspecified atom stereocenters. The van der Waals surface area contributed by atoms with E-state index in [0.29, 0.717) is 18.8 Å². The summed E-state index contributed by atoms with van der Waals surface area (Å²) in [5, 5.41) is 9.03. The van der Waals surface area contributed by atoms with Gasteiger partial charge in [0, 0.05) is 6.61 Å². The van der Waals surface area contributed by atoms with Crippen LogP contribution >= 0.6 is 0 Å². The van der Waals surface area contributed by atoms with E-state index in [2.05, 4.69) is 0 Å². The second-order valence-electron chi connectivity index (χ2n) is 4.74. The first kappa shape index (κ1) is 14.0. The van der Waals surface area contributed by atoms with Crippen LogP contribution in [0.4, 0.5) is 0 Å². The number of carboxylic acids is 1. The van der Waals surface area contributed by atoms with Crippen molar-refractivity contribution in [2.24, 2.45) is 5.92 Å². The summed E-state index contributed by atoms with van der Waals surface area (Å²) >= 11 is 0. The largest absolute Gasteiger partial charge is 0.478 e. The zero-order valence-electron chi connectivity index (χ0n) is 10.6. The van der Waals surface area contributed by atoms with E-state index in [9.17, 15) is 13.2 Å². The third-order valence-corrected chi connectivity index (χ3v) is 5.35. The molecule has 0 saturated carbocycles. The second-order valence-corrected chi connectivity index (χ2v) is 6.75. The van der Waals surface area contributed by atoms with Crippen molar-refractivity contribution < 1.29 is 23.1 Å². The lowest BCUT2D eigenvalue weighted by Gasteiger charge is -2.12. The van der Waals surface area contributed by atoms with Crippen LogP contribution in [0.15, 0.2) is 23.1 Å². The summed E-state index contributed by atoms with van der Waals surface area (Å²) in [6.07, 6.45) is 0.733.